The molecule has 0 aromatic heterocycles. The highest BCUT2D eigenvalue weighted by atomic mass is 16.6. The highest BCUT2D eigenvalue weighted by Crippen LogP contribution is 2.37. The zero-order valence-corrected chi connectivity index (χ0v) is 10.5. The van der Waals surface area contributed by atoms with E-state index in [1.54, 1.807) is 0 Å². The van der Waals surface area contributed by atoms with Crippen molar-refractivity contribution < 1.29 is 19.1 Å². The van der Waals surface area contributed by atoms with Gasteiger partial charge in [-0.05, 0) is 6.07 Å². The molecule has 1 aromatic carbocycles. The molecule has 0 bridgehead atoms. The average molecular weight is 256 g/mol. The molecule has 0 heterocycles. The van der Waals surface area contributed by atoms with Crippen LogP contribution in [0.5, 0.6) is 11.5 Å². The van der Waals surface area contributed by atoms with Crippen molar-refractivity contribution in [3.63, 3.8) is 0 Å². The van der Waals surface area contributed by atoms with Crippen LogP contribution in [0.4, 0.5) is 5.69 Å². The first-order chi connectivity index (χ1) is 8.58. The van der Waals surface area contributed by atoms with Gasteiger partial charge >= 0.3 is 5.69 Å². The number of hydrogen-bond acceptors (Lipinski definition) is 6. The molecule has 0 unspecified atom stereocenters. The van der Waals surface area contributed by atoms with E-state index in [2.05, 4.69) is 0 Å². The zero-order valence-electron chi connectivity index (χ0n) is 10.5. The van der Waals surface area contributed by atoms with Crippen molar-refractivity contribution in [2.45, 2.75) is 6.10 Å². The number of nitrogens with zero attached hydrogens (tertiary/aromatic N) is 1. The molecule has 100 valence electrons. The molecule has 7 nitrogen and oxygen atoms in total. The highest BCUT2D eigenvalue weighted by Gasteiger charge is 2.23. The number of nitrogens with two attached hydrogens (primary N) is 1. The summed E-state index contributed by atoms with van der Waals surface area (Å²) in [6.45, 7) is 0.230. The largest absolute Gasteiger partial charge is 0.496 e. The van der Waals surface area contributed by atoms with E-state index in [1.165, 1.54) is 33.5 Å². The molecule has 0 spiro atoms. The van der Waals surface area contributed by atoms with Crippen LogP contribution in [-0.4, -0.2) is 32.8 Å². The lowest BCUT2D eigenvalue weighted by atomic mass is 10.1. The molecule has 18 heavy (non-hydrogen) atoms. The predicted molar refractivity (Wildman–Crippen MR) is 65.0 cm³/mol. The first kappa shape index (κ1) is 14.2. The lowest BCUT2D eigenvalue weighted by Crippen LogP contribution is -2.15. The van der Waals surface area contributed by atoms with Crippen LogP contribution in [0.25, 0.3) is 0 Å². The first-order valence-corrected chi connectivity index (χ1v) is 5.22. The minimum absolute atomic E-state index is 0.145. The van der Waals surface area contributed by atoms with Gasteiger partial charge in [0.05, 0.1) is 31.3 Å². The minimum Gasteiger partial charge on any atom is -0.496 e. The minimum atomic E-state index is -0.532. The van der Waals surface area contributed by atoms with Crippen molar-refractivity contribution in [3.8, 4) is 11.5 Å². The van der Waals surface area contributed by atoms with Crippen LogP contribution in [-0.2, 0) is 4.74 Å². The zero-order chi connectivity index (χ0) is 13.7. The van der Waals surface area contributed by atoms with Gasteiger partial charge in [0.25, 0.3) is 0 Å². The lowest BCUT2D eigenvalue weighted by molar-refractivity contribution is -0.385. The van der Waals surface area contributed by atoms with Gasteiger partial charge in [0, 0.05) is 19.2 Å². The number of hydrogen-bond donors (Lipinski definition) is 1. The van der Waals surface area contributed by atoms with Gasteiger partial charge in [-0.1, -0.05) is 0 Å². The summed E-state index contributed by atoms with van der Waals surface area (Å²) in [4.78, 5) is 10.4. The molecule has 0 saturated heterocycles. The fourth-order valence-electron chi connectivity index (χ4n) is 1.65. The number of ether oxygens (including phenoxy) is 3. The maximum Gasteiger partial charge on any atom is 0.314 e. The molecule has 0 aliphatic rings. The Morgan fingerprint density at radius 2 is 1.89 bits per heavy atom. The number of benzene rings is 1. The first-order valence-electron chi connectivity index (χ1n) is 5.22. The lowest BCUT2D eigenvalue weighted by Gasteiger charge is -2.17. The summed E-state index contributed by atoms with van der Waals surface area (Å²) in [5.74, 6) is 0.492. The topological polar surface area (TPSA) is 96.9 Å². The van der Waals surface area contributed by atoms with E-state index in [-0.39, 0.29) is 18.0 Å². The predicted octanol–water partition coefficient (Wildman–Crippen LogP) is 1.26. The number of nitro groups is 1. The molecule has 7 heteroatoms. The van der Waals surface area contributed by atoms with Crippen LogP contribution >= 0.6 is 0 Å². The summed E-state index contributed by atoms with van der Waals surface area (Å²) < 4.78 is 15.3. The third-order valence-corrected chi connectivity index (χ3v) is 2.57. The van der Waals surface area contributed by atoms with E-state index >= 15 is 0 Å². The molecular formula is C11H16N2O5. The molecule has 0 fully saturated rings. The van der Waals surface area contributed by atoms with Crippen molar-refractivity contribution in [2.24, 2.45) is 5.73 Å². The van der Waals surface area contributed by atoms with E-state index in [0.29, 0.717) is 11.3 Å². The standard InChI is InChI=1S/C11H16N2O5/c1-16-9-5-8(13(14)15)10(17-2)4-7(9)11(6-12)18-3/h4-5,11H,6,12H2,1-3H3/t11-/m1/s1. The molecular weight excluding hydrogens is 240 g/mol. The molecule has 1 aromatic rings. The van der Waals surface area contributed by atoms with E-state index in [1.807, 2.05) is 0 Å². The summed E-state index contributed by atoms with van der Waals surface area (Å²) in [6.07, 6.45) is -0.408. The van der Waals surface area contributed by atoms with Crippen LogP contribution in [0.2, 0.25) is 0 Å². The average Bonchev–Trinajstić information content (AvgIpc) is 2.39. The fourth-order valence-corrected chi connectivity index (χ4v) is 1.65. The second-order valence-electron chi connectivity index (χ2n) is 3.48. The van der Waals surface area contributed by atoms with Crippen LogP contribution in [0.15, 0.2) is 12.1 Å². The molecule has 0 aliphatic heterocycles. The maximum atomic E-state index is 10.9. The Morgan fingerprint density at radius 1 is 1.28 bits per heavy atom. The van der Waals surface area contributed by atoms with Gasteiger partial charge in [-0.3, -0.25) is 10.1 Å². The van der Waals surface area contributed by atoms with E-state index in [4.69, 9.17) is 19.9 Å². The summed E-state index contributed by atoms with van der Waals surface area (Å²) in [7, 11) is 4.30. The normalized spacial score (nSPS) is 12.0. The van der Waals surface area contributed by atoms with Crippen molar-refractivity contribution in [3.05, 3.63) is 27.8 Å². The van der Waals surface area contributed by atoms with Gasteiger partial charge in [0.2, 0.25) is 0 Å². The molecule has 0 radical (unpaired) electrons. The second-order valence-corrected chi connectivity index (χ2v) is 3.48. The summed E-state index contributed by atoms with van der Waals surface area (Å²) in [6, 6.07) is 2.81. The number of nitro benzene ring substituents is 1. The van der Waals surface area contributed by atoms with Gasteiger partial charge in [-0.15, -0.1) is 0 Å². The Morgan fingerprint density at radius 3 is 2.28 bits per heavy atom. The fraction of sp³-hybridized carbons (Fsp3) is 0.455. The van der Waals surface area contributed by atoms with E-state index in [0.717, 1.165) is 0 Å². The van der Waals surface area contributed by atoms with Crippen LogP contribution < -0.4 is 15.2 Å². The maximum absolute atomic E-state index is 10.9. The van der Waals surface area contributed by atoms with Gasteiger partial charge in [-0.25, -0.2) is 0 Å². The van der Waals surface area contributed by atoms with Gasteiger partial charge in [0.15, 0.2) is 5.75 Å². The number of methoxy groups -OCH3 is 3. The van der Waals surface area contributed by atoms with Gasteiger partial charge in [0.1, 0.15) is 5.75 Å². The highest BCUT2D eigenvalue weighted by molar-refractivity contribution is 5.55. The Hall–Kier alpha value is -1.86. The van der Waals surface area contributed by atoms with E-state index in [9.17, 15) is 10.1 Å². The quantitative estimate of drug-likeness (QED) is 0.608. The summed E-state index contributed by atoms with van der Waals surface area (Å²) in [5.41, 5.74) is 6.03. The van der Waals surface area contributed by atoms with Crippen molar-refractivity contribution >= 4 is 5.69 Å². The Kier molecular flexibility index (Phi) is 4.87. The van der Waals surface area contributed by atoms with Crippen molar-refractivity contribution in [2.75, 3.05) is 27.9 Å². The third kappa shape index (κ3) is 2.69. The Labute approximate surface area is 105 Å². The molecule has 0 amide bonds. The van der Waals surface area contributed by atoms with E-state index < -0.39 is 11.0 Å². The second kappa shape index (κ2) is 6.18. The molecule has 0 aliphatic carbocycles. The van der Waals surface area contributed by atoms with Crippen LogP contribution in [0, 0.1) is 10.1 Å². The van der Waals surface area contributed by atoms with Crippen LogP contribution in [0.3, 0.4) is 0 Å². The molecule has 1 rings (SSSR count). The van der Waals surface area contributed by atoms with Gasteiger partial charge in [-0.2, -0.15) is 0 Å². The summed E-state index contributed by atoms with van der Waals surface area (Å²) >= 11 is 0. The monoisotopic (exact) mass is 256 g/mol. The Balaban J connectivity index is 3.38. The third-order valence-electron chi connectivity index (χ3n) is 2.57. The molecule has 0 saturated carbocycles. The van der Waals surface area contributed by atoms with Crippen LogP contribution in [0.1, 0.15) is 11.7 Å². The SMILES string of the molecule is COc1cc([N+](=O)[O-])c(OC)cc1[C@@H](CN)OC. The molecule has 2 N–H and O–H groups in total. The molecule has 1 atom stereocenters. The van der Waals surface area contributed by atoms with Crippen molar-refractivity contribution in [1.82, 2.24) is 0 Å². The smallest absolute Gasteiger partial charge is 0.314 e. The summed E-state index contributed by atoms with van der Waals surface area (Å²) in [5, 5.41) is 10.9. The Bertz CT molecular complexity index is 432. The number of rotatable bonds is 6. The van der Waals surface area contributed by atoms with Crippen molar-refractivity contribution in [1.29, 1.82) is 0 Å². The van der Waals surface area contributed by atoms with Gasteiger partial charge < -0.3 is 19.9 Å².